The molecular formula is C19H26N2O3. The zero-order valence-electron chi connectivity index (χ0n) is 14.5. The van der Waals surface area contributed by atoms with Crippen molar-refractivity contribution in [2.45, 2.75) is 26.3 Å². The number of hydrogen-bond acceptors (Lipinski definition) is 4. The van der Waals surface area contributed by atoms with Gasteiger partial charge in [0.2, 0.25) is 5.91 Å². The Labute approximate surface area is 143 Å². The van der Waals surface area contributed by atoms with E-state index in [0.717, 1.165) is 32.7 Å². The predicted octanol–water partition coefficient (Wildman–Crippen LogP) is 1.84. The van der Waals surface area contributed by atoms with Crippen molar-refractivity contribution in [3.63, 3.8) is 0 Å². The van der Waals surface area contributed by atoms with Crippen LogP contribution in [0.3, 0.4) is 0 Å². The maximum atomic E-state index is 12.2. The number of aryl methyl sites for hydroxylation is 1. The Morgan fingerprint density at radius 3 is 2.38 bits per heavy atom. The van der Waals surface area contributed by atoms with Gasteiger partial charge in [0.25, 0.3) is 0 Å². The lowest BCUT2D eigenvalue weighted by Gasteiger charge is -2.22. The van der Waals surface area contributed by atoms with Crippen LogP contribution in [0, 0.1) is 18.8 Å². The minimum absolute atomic E-state index is 0.0836. The van der Waals surface area contributed by atoms with Crippen LogP contribution < -0.4 is 0 Å². The average molecular weight is 330 g/mol. The highest BCUT2D eigenvalue weighted by Crippen LogP contribution is 2.32. The van der Waals surface area contributed by atoms with Crippen molar-refractivity contribution >= 4 is 11.9 Å². The van der Waals surface area contributed by atoms with Gasteiger partial charge in [-0.15, -0.1) is 0 Å². The number of carbonyl (C=O) groups excluding carboxylic acids is 2. The molecule has 24 heavy (non-hydrogen) atoms. The van der Waals surface area contributed by atoms with E-state index in [1.165, 1.54) is 18.2 Å². The first-order chi connectivity index (χ1) is 11.6. The third-order valence-corrected chi connectivity index (χ3v) is 5.34. The van der Waals surface area contributed by atoms with E-state index in [1.807, 2.05) is 4.90 Å². The molecule has 130 valence electrons. The molecule has 2 saturated heterocycles. The molecule has 2 heterocycles. The molecule has 1 aromatic rings. The largest absolute Gasteiger partial charge is 0.469 e. The quantitative estimate of drug-likeness (QED) is 0.773. The lowest BCUT2D eigenvalue weighted by atomic mass is 10.0. The summed E-state index contributed by atoms with van der Waals surface area (Å²) >= 11 is 0. The van der Waals surface area contributed by atoms with E-state index in [1.54, 1.807) is 0 Å². The Kier molecular flexibility index (Phi) is 5.19. The Morgan fingerprint density at radius 1 is 1.08 bits per heavy atom. The zero-order valence-corrected chi connectivity index (χ0v) is 14.5. The molecule has 2 fully saturated rings. The number of benzene rings is 1. The van der Waals surface area contributed by atoms with Crippen molar-refractivity contribution in [1.29, 1.82) is 0 Å². The van der Waals surface area contributed by atoms with Gasteiger partial charge >= 0.3 is 5.97 Å². The number of likely N-dealkylation sites (tertiary alicyclic amines) is 2. The number of rotatable bonds is 5. The van der Waals surface area contributed by atoms with Crippen molar-refractivity contribution in [2.75, 3.05) is 33.3 Å². The van der Waals surface area contributed by atoms with E-state index in [4.69, 9.17) is 0 Å². The molecule has 0 N–H and O–H groups in total. The summed E-state index contributed by atoms with van der Waals surface area (Å²) in [5.41, 5.74) is 2.73. The lowest BCUT2D eigenvalue weighted by Crippen LogP contribution is -2.33. The topological polar surface area (TPSA) is 49.9 Å². The third-order valence-electron chi connectivity index (χ3n) is 5.34. The first-order valence-corrected chi connectivity index (χ1v) is 8.68. The van der Waals surface area contributed by atoms with Gasteiger partial charge < -0.3 is 9.64 Å². The van der Waals surface area contributed by atoms with Gasteiger partial charge in [0, 0.05) is 39.1 Å². The zero-order chi connectivity index (χ0) is 17.1. The highest BCUT2D eigenvalue weighted by molar-refractivity contribution is 5.81. The second-order valence-corrected chi connectivity index (χ2v) is 7.02. The van der Waals surface area contributed by atoms with Crippen molar-refractivity contribution in [3.8, 4) is 0 Å². The summed E-state index contributed by atoms with van der Waals surface area (Å²) in [5, 5.41) is 0. The van der Waals surface area contributed by atoms with E-state index in [-0.39, 0.29) is 24.7 Å². The second-order valence-electron chi connectivity index (χ2n) is 7.02. The van der Waals surface area contributed by atoms with Gasteiger partial charge in [0.15, 0.2) is 0 Å². The first-order valence-electron chi connectivity index (χ1n) is 8.68. The Hall–Kier alpha value is -1.88. The summed E-state index contributed by atoms with van der Waals surface area (Å²) in [6.07, 6.45) is 0.444. The fraction of sp³-hybridized carbons (Fsp3) is 0.579. The molecule has 0 saturated carbocycles. The Bertz CT molecular complexity index is 602. The number of hydrogen-bond donors (Lipinski definition) is 0. The molecular weight excluding hydrogens is 304 g/mol. The summed E-state index contributed by atoms with van der Waals surface area (Å²) in [7, 11) is 1.36. The van der Waals surface area contributed by atoms with E-state index >= 15 is 0 Å². The van der Waals surface area contributed by atoms with Crippen molar-refractivity contribution in [3.05, 3.63) is 35.4 Å². The van der Waals surface area contributed by atoms with E-state index < -0.39 is 0 Å². The van der Waals surface area contributed by atoms with Gasteiger partial charge in [0.05, 0.1) is 13.5 Å². The van der Waals surface area contributed by atoms with Crippen LogP contribution in [0.4, 0.5) is 0 Å². The van der Waals surface area contributed by atoms with Gasteiger partial charge in [-0.2, -0.15) is 0 Å². The van der Waals surface area contributed by atoms with E-state index in [0.29, 0.717) is 11.8 Å². The minimum atomic E-state index is -0.313. The molecule has 0 aromatic heterocycles. The van der Waals surface area contributed by atoms with Crippen LogP contribution in [0.25, 0.3) is 0 Å². The third kappa shape index (κ3) is 3.78. The smallest absolute Gasteiger partial charge is 0.306 e. The van der Waals surface area contributed by atoms with E-state index in [2.05, 4.69) is 40.8 Å². The molecule has 0 unspecified atom stereocenters. The predicted molar refractivity (Wildman–Crippen MR) is 91.3 cm³/mol. The number of ether oxygens (including phenoxy) is 1. The molecule has 0 spiro atoms. The number of carbonyl (C=O) groups is 2. The summed E-state index contributed by atoms with van der Waals surface area (Å²) in [5.74, 6) is 0.902. The van der Waals surface area contributed by atoms with Crippen molar-refractivity contribution < 1.29 is 14.3 Å². The molecule has 2 aliphatic rings. The molecule has 0 bridgehead atoms. The molecule has 5 nitrogen and oxygen atoms in total. The monoisotopic (exact) mass is 330 g/mol. The fourth-order valence-electron chi connectivity index (χ4n) is 3.92. The number of methoxy groups -OCH3 is 1. The standard InChI is InChI=1S/C19H26N2O3/c1-14-5-3-4-6-15(14)9-20-10-16-12-21(13-17(16)11-20)18(22)7-8-19(23)24-2/h3-6,16-17H,7-13H2,1-2H3/t16-,17+. The fourth-order valence-corrected chi connectivity index (χ4v) is 3.92. The first kappa shape index (κ1) is 17.0. The van der Waals surface area contributed by atoms with Crippen LogP contribution in [-0.2, 0) is 20.9 Å². The van der Waals surface area contributed by atoms with Crippen molar-refractivity contribution in [2.24, 2.45) is 11.8 Å². The van der Waals surface area contributed by atoms with Crippen molar-refractivity contribution in [1.82, 2.24) is 9.80 Å². The van der Waals surface area contributed by atoms with Gasteiger partial charge in [0.1, 0.15) is 0 Å². The molecule has 3 rings (SSSR count). The molecule has 1 aromatic carbocycles. The summed E-state index contributed by atoms with van der Waals surface area (Å²) in [6, 6.07) is 8.54. The normalized spacial score (nSPS) is 23.3. The molecule has 0 radical (unpaired) electrons. The SMILES string of the molecule is COC(=O)CCC(=O)N1C[C@H]2CN(Cc3ccccc3C)C[C@H]2C1. The summed E-state index contributed by atoms with van der Waals surface area (Å²) < 4.78 is 4.60. The Balaban J connectivity index is 1.48. The molecule has 1 amide bonds. The van der Waals surface area contributed by atoms with Crippen LogP contribution >= 0.6 is 0 Å². The number of nitrogens with zero attached hydrogens (tertiary/aromatic N) is 2. The number of amides is 1. The van der Waals surface area contributed by atoms with Crippen LogP contribution in [0.2, 0.25) is 0 Å². The minimum Gasteiger partial charge on any atom is -0.469 e. The Morgan fingerprint density at radius 2 is 1.75 bits per heavy atom. The van der Waals surface area contributed by atoms with Gasteiger partial charge in [-0.1, -0.05) is 24.3 Å². The average Bonchev–Trinajstić information content (AvgIpc) is 3.12. The number of fused-ring (bicyclic) bond motifs is 1. The molecule has 2 atom stereocenters. The summed E-state index contributed by atoms with van der Waals surface area (Å²) in [6.45, 7) is 6.92. The molecule has 5 heteroatoms. The van der Waals surface area contributed by atoms with Crippen LogP contribution in [-0.4, -0.2) is 55.0 Å². The van der Waals surface area contributed by atoms with Gasteiger partial charge in [-0.05, 0) is 29.9 Å². The number of esters is 1. The molecule has 2 aliphatic heterocycles. The summed E-state index contributed by atoms with van der Waals surface area (Å²) in [4.78, 5) is 27.8. The van der Waals surface area contributed by atoms with Gasteiger partial charge in [-0.25, -0.2) is 0 Å². The lowest BCUT2D eigenvalue weighted by molar-refractivity contribution is -0.143. The van der Waals surface area contributed by atoms with E-state index in [9.17, 15) is 9.59 Å². The van der Waals surface area contributed by atoms with Gasteiger partial charge in [-0.3, -0.25) is 14.5 Å². The maximum Gasteiger partial charge on any atom is 0.306 e. The molecule has 0 aliphatic carbocycles. The van der Waals surface area contributed by atoms with Crippen LogP contribution in [0.5, 0.6) is 0 Å². The van der Waals surface area contributed by atoms with Crippen LogP contribution in [0.1, 0.15) is 24.0 Å². The maximum absolute atomic E-state index is 12.2. The van der Waals surface area contributed by atoms with Crippen LogP contribution in [0.15, 0.2) is 24.3 Å². The second kappa shape index (κ2) is 7.34. The highest BCUT2D eigenvalue weighted by Gasteiger charge is 2.41. The highest BCUT2D eigenvalue weighted by atomic mass is 16.5.